The van der Waals surface area contributed by atoms with Crippen LogP contribution in [0.15, 0.2) is 24.3 Å². The van der Waals surface area contributed by atoms with Gasteiger partial charge in [-0.15, -0.1) is 0 Å². The van der Waals surface area contributed by atoms with Crippen LogP contribution in [0.1, 0.15) is 53.5 Å². The van der Waals surface area contributed by atoms with E-state index in [2.05, 4.69) is 39.2 Å². The lowest BCUT2D eigenvalue weighted by Crippen LogP contribution is -2.51. The van der Waals surface area contributed by atoms with Gasteiger partial charge in [0.15, 0.2) is 8.32 Å². The first-order valence-electron chi connectivity index (χ1n) is 9.63. The Morgan fingerprint density at radius 3 is 2.21 bits per heavy atom. The highest BCUT2D eigenvalue weighted by Gasteiger charge is 2.46. The third kappa shape index (κ3) is 6.03. The number of nitrogens with one attached hydrogen (secondary N) is 1. The first-order chi connectivity index (χ1) is 12.5. The van der Waals surface area contributed by atoms with Gasteiger partial charge in [0.1, 0.15) is 5.82 Å². The average molecular weight is 414 g/mol. The number of amides is 1. The maximum Gasteiger partial charge on any atom is 0.404 e. The summed E-state index contributed by atoms with van der Waals surface area (Å²) >= 11 is 0. The van der Waals surface area contributed by atoms with Crippen molar-refractivity contribution in [3.05, 3.63) is 35.6 Å². The second kappa shape index (κ2) is 8.51. The van der Waals surface area contributed by atoms with E-state index in [4.69, 9.17) is 9.53 Å². The van der Waals surface area contributed by atoms with Crippen molar-refractivity contribution in [2.24, 2.45) is 5.41 Å². The molecule has 3 N–H and O–H groups in total. The highest BCUT2D eigenvalue weighted by atomic mass is 28.4. The van der Waals surface area contributed by atoms with Gasteiger partial charge in [0.25, 0.3) is 0 Å². The van der Waals surface area contributed by atoms with E-state index >= 15 is 0 Å². The molecule has 1 amide bonds. The standard InChI is InChI=1S/C21H36FNO4Si/c1-19(2,3)21(26,15-10-9-11-16(22)12-15)13-17(14-23-18(24)25)27-28(7,8)20(4,5)6/h9-12,17,23,26H,13-14H2,1-8H3,(H,24,25)/t17-,21?/m0/s1. The molecule has 0 aliphatic carbocycles. The topological polar surface area (TPSA) is 78.8 Å². The molecule has 1 aromatic rings. The van der Waals surface area contributed by atoms with Crippen molar-refractivity contribution < 1.29 is 23.8 Å². The molecule has 0 saturated heterocycles. The Kier molecular flexibility index (Phi) is 7.47. The summed E-state index contributed by atoms with van der Waals surface area (Å²) in [6.07, 6.45) is -1.55. The number of carboxylic acid groups (broad SMARTS) is 1. The number of hydrogen-bond acceptors (Lipinski definition) is 3. The summed E-state index contributed by atoms with van der Waals surface area (Å²) in [6, 6.07) is 5.93. The summed E-state index contributed by atoms with van der Waals surface area (Å²) in [5.41, 5.74) is -1.57. The van der Waals surface area contributed by atoms with Crippen molar-refractivity contribution in [3.8, 4) is 0 Å². The molecule has 2 atom stereocenters. The van der Waals surface area contributed by atoms with Crippen molar-refractivity contribution in [2.45, 2.75) is 77.8 Å². The van der Waals surface area contributed by atoms with E-state index in [1.807, 2.05) is 20.8 Å². The van der Waals surface area contributed by atoms with E-state index < -0.39 is 37.3 Å². The van der Waals surface area contributed by atoms with Gasteiger partial charge in [0.2, 0.25) is 0 Å². The second-order valence-electron chi connectivity index (χ2n) is 10.0. The normalized spacial score (nSPS) is 16.4. The van der Waals surface area contributed by atoms with Crippen molar-refractivity contribution in [2.75, 3.05) is 6.54 Å². The van der Waals surface area contributed by atoms with Crippen LogP contribution in [0.4, 0.5) is 9.18 Å². The van der Waals surface area contributed by atoms with E-state index in [1.165, 1.54) is 12.1 Å². The summed E-state index contributed by atoms with van der Waals surface area (Å²) in [7, 11) is -2.23. The predicted molar refractivity (Wildman–Crippen MR) is 112 cm³/mol. The highest BCUT2D eigenvalue weighted by molar-refractivity contribution is 6.74. The van der Waals surface area contributed by atoms with E-state index in [0.29, 0.717) is 5.56 Å². The first-order valence-corrected chi connectivity index (χ1v) is 12.5. The monoisotopic (exact) mass is 413 g/mol. The molecule has 1 aromatic carbocycles. The van der Waals surface area contributed by atoms with Crippen LogP contribution >= 0.6 is 0 Å². The van der Waals surface area contributed by atoms with Crippen molar-refractivity contribution in [1.82, 2.24) is 5.32 Å². The van der Waals surface area contributed by atoms with Crippen LogP contribution in [0.5, 0.6) is 0 Å². The molecule has 0 saturated carbocycles. The van der Waals surface area contributed by atoms with Crippen LogP contribution in [-0.4, -0.2) is 37.3 Å². The minimum atomic E-state index is -2.23. The lowest BCUT2D eigenvalue weighted by atomic mass is 9.69. The third-order valence-electron chi connectivity index (χ3n) is 5.81. The molecule has 160 valence electrons. The summed E-state index contributed by atoms with van der Waals surface area (Å²) in [4.78, 5) is 11.1. The molecule has 0 fully saturated rings. The number of rotatable bonds is 7. The fraction of sp³-hybridized carbons (Fsp3) is 0.667. The Hall–Kier alpha value is -1.44. The zero-order valence-electron chi connectivity index (χ0n) is 18.4. The molecule has 0 spiro atoms. The Labute approximate surface area is 169 Å². The van der Waals surface area contributed by atoms with Gasteiger partial charge in [0.05, 0.1) is 11.7 Å². The van der Waals surface area contributed by atoms with Gasteiger partial charge in [-0.2, -0.15) is 0 Å². The van der Waals surface area contributed by atoms with Gasteiger partial charge < -0.3 is 20.0 Å². The summed E-state index contributed by atoms with van der Waals surface area (Å²) < 4.78 is 20.3. The zero-order valence-corrected chi connectivity index (χ0v) is 19.4. The maximum absolute atomic E-state index is 13.9. The summed E-state index contributed by atoms with van der Waals surface area (Å²) in [5, 5.41) is 23.0. The smallest absolute Gasteiger partial charge is 0.404 e. The largest absolute Gasteiger partial charge is 0.465 e. The van der Waals surface area contributed by atoms with Gasteiger partial charge in [-0.25, -0.2) is 9.18 Å². The number of hydrogen-bond donors (Lipinski definition) is 3. The molecular weight excluding hydrogens is 377 g/mol. The van der Waals surface area contributed by atoms with Crippen LogP contribution in [0, 0.1) is 11.2 Å². The third-order valence-corrected chi connectivity index (χ3v) is 10.3. The lowest BCUT2D eigenvalue weighted by Gasteiger charge is -2.45. The fourth-order valence-electron chi connectivity index (χ4n) is 2.88. The molecule has 0 bridgehead atoms. The van der Waals surface area contributed by atoms with Gasteiger partial charge in [-0.3, -0.25) is 0 Å². The molecule has 0 aromatic heterocycles. The molecule has 5 nitrogen and oxygen atoms in total. The van der Waals surface area contributed by atoms with Crippen LogP contribution < -0.4 is 5.32 Å². The molecule has 0 aliphatic rings. The quantitative estimate of drug-likeness (QED) is 0.543. The number of aliphatic hydroxyl groups is 1. The predicted octanol–water partition coefficient (Wildman–Crippen LogP) is 5.11. The summed E-state index contributed by atoms with van der Waals surface area (Å²) in [5.74, 6) is -0.425. The molecule has 0 aliphatic heterocycles. The Morgan fingerprint density at radius 2 is 1.79 bits per heavy atom. The maximum atomic E-state index is 13.9. The lowest BCUT2D eigenvalue weighted by molar-refractivity contribution is -0.0931. The Bertz CT molecular complexity index is 682. The molecule has 0 heterocycles. The van der Waals surface area contributed by atoms with Crippen LogP contribution in [-0.2, 0) is 10.0 Å². The summed E-state index contributed by atoms with van der Waals surface area (Å²) in [6.45, 7) is 16.2. The van der Waals surface area contributed by atoms with Gasteiger partial charge in [0, 0.05) is 13.0 Å². The number of benzene rings is 1. The molecule has 28 heavy (non-hydrogen) atoms. The van der Waals surface area contributed by atoms with Crippen molar-refractivity contribution >= 4 is 14.4 Å². The van der Waals surface area contributed by atoms with E-state index in [1.54, 1.807) is 12.1 Å². The molecule has 1 rings (SSSR count). The van der Waals surface area contributed by atoms with Crippen LogP contribution in [0.2, 0.25) is 18.1 Å². The molecule has 0 radical (unpaired) electrons. The Morgan fingerprint density at radius 1 is 1.21 bits per heavy atom. The average Bonchev–Trinajstić information content (AvgIpc) is 2.50. The van der Waals surface area contributed by atoms with Gasteiger partial charge >= 0.3 is 6.09 Å². The first kappa shape index (κ1) is 24.6. The second-order valence-corrected chi connectivity index (χ2v) is 14.8. The minimum absolute atomic E-state index is 0.0511. The SMILES string of the molecule is CC(C)(C)C(O)(C[C@@H](CNC(=O)O)O[Si](C)(C)C(C)(C)C)c1cccc(F)c1. The van der Waals surface area contributed by atoms with Gasteiger partial charge in [-0.05, 0) is 41.2 Å². The van der Waals surface area contributed by atoms with Crippen molar-refractivity contribution in [1.29, 1.82) is 0 Å². The Balaban J connectivity index is 3.31. The van der Waals surface area contributed by atoms with Gasteiger partial charge in [-0.1, -0.05) is 53.7 Å². The van der Waals surface area contributed by atoms with Crippen LogP contribution in [0.3, 0.4) is 0 Å². The molecule has 7 heteroatoms. The number of carbonyl (C=O) groups is 1. The zero-order chi connectivity index (χ0) is 22.0. The van der Waals surface area contributed by atoms with E-state index in [0.717, 1.165) is 0 Å². The minimum Gasteiger partial charge on any atom is -0.465 e. The number of halogens is 1. The fourth-order valence-corrected chi connectivity index (χ4v) is 4.24. The van der Waals surface area contributed by atoms with Crippen LogP contribution in [0.25, 0.3) is 0 Å². The van der Waals surface area contributed by atoms with Crippen molar-refractivity contribution in [3.63, 3.8) is 0 Å². The highest BCUT2D eigenvalue weighted by Crippen LogP contribution is 2.45. The van der Waals surface area contributed by atoms with E-state index in [-0.39, 0.29) is 18.0 Å². The van der Waals surface area contributed by atoms with E-state index in [9.17, 15) is 14.3 Å². The molecular formula is C21H36FNO4Si. The molecule has 1 unspecified atom stereocenters.